The molecule has 0 spiro atoms. The summed E-state index contributed by atoms with van der Waals surface area (Å²) in [6, 6.07) is 13.1. The number of nitrogens with zero attached hydrogens (tertiary/aromatic N) is 1. The van der Waals surface area contributed by atoms with Crippen molar-refractivity contribution in [3.63, 3.8) is 0 Å². The summed E-state index contributed by atoms with van der Waals surface area (Å²) in [6.45, 7) is 1.72. The Hall–Kier alpha value is -3.35. The molecular formula is C20H20N2O5. The molecule has 1 fully saturated rings. The third-order valence-corrected chi connectivity index (χ3v) is 4.63. The summed E-state index contributed by atoms with van der Waals surface area (Å²) in [5, 5.41) is 2.76. The predicted octanol–water partition coefficient (Wildman–Crippen LogP) is 2.45. The van der Waals surface area contributed by atoms with Gasteiger partial charge in [-0.15, -0.1) is 0 Å². The van der Waals surface area contributed by atoms with Gasteiger partial charge in [0.25, 0.3) is 5.91 Å². The van der Waals surface area contributed by atoms with E-state index in [1.807, 2.05) is 0 Å². The zero-order valence-electron chi connectivity index (χ0n) is 15.3. The molecule has 1 N–H and O–H groups in total. The van der Waals surface area contributed by atoms with E-state index >= 15 is 0 Å². The minimum atomic E-state index is -1.16. The van der Waals surface area contributed by atoms with Crippen LogP contribution in [-0.4, -0.2) is 37.0 Å². The van der Waals surface area contributed by atoms with E-state index in [0.717, 1.165) is 4.90 Å². The van der Waals surface area contributed by atoms with Crippen LogP contribution < -0.4 is 10.1 Å². The van der Waals surface area contributed by atoms with E-state index in [-0.39, 0.29) is 12.5 Å². The molecule has 3 rings (SSSR count). The first kappa shape index (κ1) is 18.4. The maximum absolute atomic E-state index is 13.0. The van der Waals surface area contributed by atoms with Gasteiger partial charge < -0.3 is 14.8 Å². The summed E-state index contributed by atoms with van der Waals surface area (Å²) < 4.78 is 9.84. The lowest BCUT2D eigenvalue weighted by atomic mass is 9.92. The number of benzene rings is 2. The molecule has 2 aromatic carbocycles. The van der Waals surface area contributed by atoms with E-state index in [0.29, 0.717) is 22.4 Å². The molecule has 1 aliphatic heterocycles. The molecule has 140 valence electrons. The number of carbonyl (C=O) groups excluding carboxylic acids is 3. The fraction of sp³-hybridized carbons (Fsp3) is 0.250. The molecular weight excluding hydrogens is 348 g/mol. The molecule has 7 heteroatoms. The number of methoxy groups -OCH3 is 2. The Labute approximate surface area is 156 Å². The molecule has 1 aliphatic rings. The van der Waals surface area contributed by atoms with Crippen LogP contribution in [0.1, 0.15) is 28.4 Å². The lowest BCUT2D eigenvalue weighted by Crippen LogP contribution is -2.40. The van der Waals surface area contributed by atoms with Gasteiger partial charge in [0.2, 0.25) is 0 Å². The van der Waals surface area contributed by atoms with E-state index in [1.165, 1.54) is 7.11 Å². The predicted molar refractivity (Wildman–Crippen MR) is 97.2 cm³/mol. The topological polar surface area (TPSA) is 84.9 Å². The van der Waals surface area contributed by atoms with Gasteiger partial charge >= 0.3 is 12.0 Å². The third-order valence-electron chi connectivity index (χ3n) is 4.63. The van der Waals surface area contributed by atoms with Crippen molar-refractivity contribution in [3.05, 3.63) is 65.2 Å². The zero-order valence-corrected chi connectivity index (χ0v) is 15.3. The van der Waals surface area contributed by atoms with Crippen LogP contribution in [0.5, 0.6) is 5.75 Å². The largest absolute Gasteiger partial charge is 0.497 e. The number of hydrogen-bond donors (Lipinski definition) is 1. The van der Waals surface area contributed by atoms with Gasteiger partial charge in [-0.05, 0) is 42.3 Å². The average molecular weight is 368 g/mol. The van der Waals surface area contributed by atoms with Gasteiger partial charge in [0.1, 0.15) is 11.3 Å². The van der Waals surface area contributed by atoms with Crippen LogP contribution in [-0.2, 0) is 21.6 Å². The molecule has 0 aliphatic carbocycles. The highest BCUT2D eigenvalue weighted by Crippen LogP contribution is 2.31. The van der Waals surface area contributed by atoms with Crippen molar-refractivity contribution >= 4 is 17.9 Å². The molecule has 1 saturated heterocycles. The van der Waals surface area contributed by atoms with Gasteiger partial charge in [-0.3, -0.25) is 9.69 Å². The standard InChI is InChI=1S/C20H20N2O5/c1-20(15-7-9-16(26-2)10-8-15)18(24)22(19(25)21-20)12-13-5-4-6-14(11-13)17(23)27-3/h4-11H,12H2,1-3H3,(H,21,25)/t20-/m0/s1. The van der Waals surface area contributed by atoms with Crippen LogP contribution in [0.25, 0.3) is 0 Å². The highest BCUT2D eigenvalue weighted by atomic mass is 16.5. The van der Waals surface area contributed by atoms with Gasteiger partial charge in [0.15, 0.2) is 0 Å². The van der Waals surface area contributed by atoms with Gasteiger partial charge in [0, 0.05) is 0 Å². The van der Waals surface area contributed by atoms with Crippen LogP contribution in [0, 0.1) is 0 Å². The lowest BCUT2D eigenvalue weighted by molar-refractivity contribution is -0.131. The zero-order chi connectivity index (χ0) is 19.6. The van der Waals surface area contributed by atoms with Crippen LogP contribution in [0.3, 0.4) is 0 Å². The van der Waals surface area contributed by atoms with Gasteiger partial charge in [-0.2, -0.15) is 0 Å². The van der Waals surface area contributed by atoms with Crippen molar-refractivity contribution < 1.29 is 23.9 Å². The molecule has 2 aromatic rings. The van der Waals surface area contributed by atoms with E-state index in [2.05, 4.69) is 5.32 Å². The minimum absolute atomic E-state index is 0.0568. The molecule has 1 atom stereocenters. The normalized spacial score (nSPS) is 19.0. The summed E-state index contributed by atoms with van der Waals surface area (Å²) in [6.07, 6.45) is 0. The highest BCUT2D eigenvalue weighted by molar-refractivity contribution is 6.07. The minimum Gasteiger partial charge on any atom is -0.497 e. The SMILES string of the molecule is COC(=O)c1cccc(CN2C(=O)N[C@@](C)(c3ccc(OC)cc3)C2=O)c1. The lowest BCUT2D eigenvalue weighted by Gasteiger charge is -2.22. The third kappa shape index (κ3) is 3.36. The molecule has 27 heavy (non-hydrogen) atoms. The number of amides is 3. The Kier molecular flexibility index (Phi) is 4.85. The average Bonchev–Trinajstić information content (AvgIpc) is 2.91. The number of nitrogens with one attached hydrogen (secondary N) is 1. The number of imide groups is 1. The van der Waals surface area contributed by atoms with E-state index in [9.17, 15) is 14.4 Å². The summed E-state index contributed by atoms with van der Waals surface area (Å²) in [4.78, 5) is 38.3. The summed E-state index contributed by atoms with van der Waals surface area (Å²) in [5.74, 6) is -0.172. The molecule has 0 radical (unpaired) electrons. The second kappa shape index (κ2) is 7.11. The van der Waals surface area contributed by atoms with Crippen molar-refractivity contribution in [3.8, 4) is 5.75 Å². The Morgan fingerprint density at radius 1 is 1.11 bits per heavy atom. The first-order chi connectivity index (χ1) is 12.9. The molecule has 0 saturated carbocycles. The van der Waals surface area contributed by atoms with Gasteiger partial charge in [-0.1, -0.05) is 24.3 Å². The molecule has 3 amide bonds. The Balaban J connectivity index is 1.84. The first-order valence-electron chi connectivity index (χ1n) is 8.35. The summed E-state index contributed by atoms with van der Waals surface area (Å²) >= 11 is 0. The number of urea groups is 1. The van der Waals surface area contributed by atoms with Crippen molar-refractivity contribution in [2.24, 2.45) is 0 Å². The highest BCUT2D eigenvalue weighted by Gasteiger charge is 2.48. The van der Waals surface area contributed by atoms with Gasteiger partial charge in [0.05, 0.1) is 26.3 Å². The Morgan fingerprint density at radius 2 is 1.81 bits per heavy atom. The Morgan fingerprint density at radius 3 is 2.44 bits per heavy atom. The number of hydrogen-bond acceptors (Lipinski definition) is 5. The molecule has 0 bridgehead atoms. The quantitative estimate of drug-likeness (QED) is 0.647. The van der Waals surface area contributed by atoms with E-state index < -0.39 is 17.5 Å². The molecule has 0 aromatic heterocycles. The number of ether oxygens (including phenoxy) is 2. The molecule has 7 nitrogen and oxygen atoms in total. The fourth-order valence-electron chi connectivity index (χ4n) is 3.06. The second-order valence-electron chi connectivity index (χ2n) is 6.37. The van der Waals surface area contributed by atoms with Crippen molar-refractivity contribution in [1.29, 1.82) is 0 Å². The summed E-state index contributed by atoms with van der Waals surface area (Å²) in [5.41, 5.74) is 0.511. The second-order valence-corrected chi connectivity index (χ2v) is 6.37. The van der Waals surface area contributed by atoms with Crippen LogP contribution in [0.4, 0.5) is 4.79 Å². The number of esters is 1. The maximum Gasteiger partial charge on any atom is 0.337 e. The van der Waals surface area contributed by atoms with Gasteiger partial charge in [-0.25, -0.2) is 9.59 Å². The number of carbonyl (C=O) groups is 3. The van der Waals surface area contributed by atoms with Crippen LogP contribution >= 0.6 is 0 Å². The Bertz CT molecular complexity index is 894. The number of rotatable bonds is 5. The summed E-state index contributed by atoms with van der Waals surface area (Å²) in [7, 11) is 2.86. The van der Waals surface area contributed by atoms with Crippen LogP contribution in [0.15, 0.2) is 48.5 Å². The van der Waals surface area contributed by atoms with Crippen molar-refractivity contribution in [1.82, 2.24) is 10.2 Å². The maximum atomic E-state index is 13.0. The van der Waals surface area contributed by atoms with E-state index in [1.54, 1.807) is 62.6 Å². The van der Waals surface area contributed by atoms with Crippen LogP contribution in [0.2, 0.25) is 0 Å². The molecule has 1 heterocycles. The smallest absolute Gasteiger partial charge is 0.337 e. The first-order valence-corrected chi connectivity index (χ1v) is 8.35. The van der Waals surface area contributed by atoms with Crippen molar-refractivity contribution in [2.45, 2.75) is 19.0 Å². The molecule has 0 unspecified atom stereocenters. The van der Waals surface area contributed by atoms with E-state index in [4.69, 9.17) is 9.47 Å². The monoisotopic (exact) mass is 368 g/mol. The fourth-order valence-corrected chi connectivity index (χ4v) is 3.06. The van der Waals surface area contributed by atoms with Crippen molar-refractivity contribution in [2.75, 3.05) is 14.2 Å².